The van der Waals surface area contributed by atoms with Crippen molar-refractivity contribution >= 4 is 11.9 Å². The molecule has 1 aromatic rings. The lowest BCUT2D eigenvalue weighted by Gasteiger charge is -2.21. The minimum atomic E-state index is -4.44. The van der Waals surface area contributed by atoms with Crippen LogP contribution in [0.25, 0.3) is 0 Å². The number of carbonyl (C=O) groups is 1. The summed E-state index contributed by atoms with van der Waals surface area (Å²) in [4.78, 5) is 16.3. The molecule has 2 N–H and O–H groups in total. The lowest BCUT2D eigenvalue weighted by Crippen LogP contribution is -2.47. The van der Waals surface area contributed by atoms with Crippen LogP contribution >= 0.6 is 0 Å². The molecule has 1 saturated carbocycles. The zero-order chi connectivity index (χ0) is 19.4. The van der Waals surface area contributed by atoms with Crippen molar-refractivity contribution < 1.29 is 22.4 Å². The molecule has 0 radical (unpaired) electrons. The maximum absolute atomic E-state index is 14.0. The molecule has 1 aliphatic carbocycles. The third-order valence-electron chi connectivity index (χ3n) is 4.37. The Bertz CT molecular complexity index is 671. The van der Waals surface area contributed by atoms with Gasteiger partial charge in [-0.05, 0) is 24.5 Å². The minimum absolute atomic E-state index is 0.265. The monoisotopic (exact) mass is 374 g/mol. The van der Waals surface area contributed by atoms with E-state index in [9.17, 15) is 22.4 Å². The summed E-state index contributed by atoms with van der Waals surface area (Å²) >= 11 is 0. The van der Waals surface area contributed by atoms with Gasteiger partial charge in [-0.25, -0.2) is 4.39 Å². The molecule has 26 heavy (non-hydrogen) atoms. The molecule has 1 aromatic carbocycles. The van der Waals surface area contributed by atoms with Gasteiger partial charge >= 0.3 is 6.18 Å². The van der Waals surface area contributed by atoms with E-state index in [0.29, 0.717) is 17.0 Å². The molecule has 0 heterocycles. The first-order valence-corrected chi connectivity index (χ1v) is 8.17. The minimum Gasteiger partial charge on any atom is -0.356 e. The lowest BCUT2D eigenvalue weighted by atomic mass is 9.95. The van der Waals surface area contributed by atoms with Gasteiger partial charge in [0.15, 0.2) is 5.96 Å². The van der Waals surface area contributed by atoms with E-state index in [1.54, 1.807) is 18.2 Å². The Morgan fingerprint density at radius 1 is 1.27 bits per heavy atom. The Morgan fingerprint density at radius 3 is 2.46 bits per heavy atom. The fourth-order valence-electron chi connectivity index (χ4n) is 2.71. The largest absolute Gasteiger partial charge is 0.406 e. The number of halogens is 4. The summed E-state index contributed by atoms with van der Waals surface area (Å²) in [6, 6.07) is 6.57. The van der Waals surface area contributed by atoms with Gasteiger partial charge in [-0.15, -0.1) is 0 Å². The number of likely N-dealkylation sites (N-methyl/N-ethyl adjacent to an activating group) is 1. The number of benzene rings is 1. The molecule has 144 valence electrons. The summed E-state index contributed by atoms with van der Waals surface area (Å²) in [5.74, 6) is -0.694. The summed E-state index contributed by atoms with van der Waals surface area (Å²) in [5.41, 5.74) is 0.309. The predicted octanol–water partition coefficient (Wildman–Crippen LogP) is 2.04. The molecule has 0 saturated heterocycles. The van der Waals surface area contributed by atoms with Crippen molar-refractivity contribution in [3.63, 3.8) is 0 Å². The topological polar surface area (TPSA) is 56.7 Å². The highest BCUT2D eigenvalue weighted by Gasteiger charge is 2.45. The second-order valence-corrected chi connectivity index (χ2v) is 6.40. The van der Waals surface area contributed by atoms with Crippen LogP contribution in [0.5, 0.6) is 0 Å². The standard InChI is InChI=1S/C17H22F4N4O/c1-22-15(23-9-14(26)25(2)11-17(19,20)21)24-10-16(7-8-16)12-5-3-4-6-13(12)18/h3-6H,7-11H2,1-2H3,(H2,22,23,24). The summed E-state index contributed by atoms with van der Waals surface area (Å²) in [6.07, 6.45) is -2.79. The van der Waals surface area contributed by atoms with Gasteiger partial charge in [0.05, 0.1) is 6.54 Å². The van der Waals surface area contributed by atoms with Crippen molar-refractivity contribution in [1.29, 1.82) is 0 Å². The fourth-order valence-corrected chi connectivity index (χ4v) is 2.71. The number of nitrogens with one attached hydrogen (secondary N) is 2. The van der Waals surface area contributed by atoms with E-state index in [1.807, 2.05) is 0 Å². The van der Waals surface area contributed by atoms with E-state index in [-0.39, 0.29) is 23.7 Å². The van der Waals surface area contributed by atoms with Gasteiger partial charge in [0.2, 0.25) is 5.91 Å². The van der Waals surface area contributed by atoms with E-state index in [0.717, 1.165) is 19.9 Å². The van der Waals surface area contributed by atoms with Crippen molar-refractivity contribution in [3.05, 3.63) is 35.6 Å². The molecule has 5 nitrogen and oxygen atoms in total. The normalized spacial score (nSPS) is 16.2. The first-order chi connectivity index (χ1) is 12.2. The number of nitrogens with zero attached hydrogens (tertiary/aromatic N) is 2. The predicted molar refractivity (Wildman–Crippen MR) is 90.4 cm³/mol. The lowest BCUT2D eigenvalue weighted by molar-refractivity contribution is -0.157. The summed E-state index contributed by atoms with van der Waals surface area (Å²) in [7, 11) is 2.58. The molecular weight excluding hydrogens is 352 g/mol. The van der Waals surface area contributed by atoms with Crippen molar-refractivity contribution in [2.24, 2.45) is 4.99 Å². The number of hydrogen-bond donors (Lipinski definition) is 2. The molecule has 1 aliphatic rings. The molecule has 0 unspecified atom stereocenters. The second kappa shape index (κ2) is 7.92. The second-order valence-electron chi connectivity index (χ2n) is 6.40. The number of amides is 1. The van der Waals surface area contributed by atoms with E-state index in [4.69, 9.17) is 0 Å². The Morgan fingerprint density at radius 2 is 1.92 bits per heavy atom. The molecule has 0 bridgehead atoms. The van der Waals surface area contributed by atoms with Gasteiger partial charge in [0.1, 0.15) is 12.4 Å². The summed E-state index contributed by atoms with van der Waals surface area (Å²) in [6.45, 7) is -1.21. The first-order valence-electron chi connectivity index (χ1n) is 8.17. The number of aliphatic imine (C=N–C) groups is 1. The number of alkyl halides is 3. The third kappa shape index (κ3) is 5.34. The highest BCUT2D eigenvalue weighted by atomic mass is 19.4. The van der Waals surface area contributed by atoms with E-state index in [2.05, 4.69) is 15.6 Å². The van der Waals surface area contributed by atoms with Gasteiger partial charge in [0.25, 0.3) is 0 Å². The Kier molecular flexibility index (Phi) is 6.09. The van der Waals surface area contributed by atoms with Crippen molar-refractivity contribution in [2.75, 3.05) is 33.7 Å². The van der Waals surface area contributed by atoms with Gasteiger partial charge in [-0.2, -0.15) is 13.2 Å². The molecule has 2 rings (SSSR count). The van der Waals surface area contributed by atoms with Crippen LogP contribution in [0.4, 0.5) is 17.6 Å². The average Bonchev–Trinajstić information content (AvgIpc) is 3.34. The van der Waals surface area contributed by atoms with Crippen molar-refractivity contribution in [2.45, 2.75) is 24.4 Å². The molecule has 1 fully saturated rings. The maximum Gasteiger partial charge on any atom is 0.406 e. The van der Waals surface area contributed by atoms with Crippen molar-refractivity contribution in [3.8, 4) is 0 Å². The SMILES string of the molecule is CN=C(NCC(=O)N(C)CC(F)(F)F)NCC1(c2ccccc2F)CC1. The molecule has 9 heteroatoms. The highest BCUT2D eigenvalue weighted by Crippen LogP contribution is 2.48. The van der Waals surface area contributed by atoms with E-state index >= 15 is 0 Å². The van der Waals surface area contributed by atoms with Crippen LogP contribution < -0.4 is 10.6 Å². The number of carbonyl (C=O) groups excluding carboxylic acids is 1. The van der Waals surface area contributed by atoms with Crippen LogP contribution in [-0.4, -0.2) is 56.7 Å². The van der Waals surface area contributed by atoms with E-state index < -0.39 is 18.6 Å². The highest BCUT2D eigenvalue weighted by molar-refractivity contribution is 5.86. The molecular formula is C17H22F4N4O. The zero-order valence-electron chi connectivity index (χ0n) is 14.7. The maximum atomic E-state index is 14.0. The van der Waals surface area contributed by atoms with Crippen LogP contribution in [-0.2, 0) is 10.2 Å². The Balaban J connectivity index is 1.85. The average molecular weight is 374 g/mol. The van der Waals surface area contributed by atoms with Gasteiger partial charge in [-0.1, -0.05) is 18.2 Å². The first kappa shape index (κ1) is 20.0. The van der Waals surface area contributed by atoms with Crippen LogP contribution in [0.2, 0.25) is 0 Å². The van der Waals surface area contributed by atoms with Gasteiger partial charge in [-0.3, -0.25) is 9.79 Å². The number of guanidine groups is 1. The van der Waals surface area contributed by atoms with Crippen molar-refractivity contribution in [1.82, 2.24) is 15.5 Å². The molecule has 0 spiro atoms. The van der Waals surface area contributed by atoms with E-state index in [1.165, 1.54) is 13.1 Å². The van der Waals surface area contributed by atoms with Crippen LogP contribution in [0.1, 0.15) is 18.4 Å². The summed E-state index contributed by atoms with van der Waals surface area (Å²) in [5, 5.41) is 5.71. The molecule has 0 aliphatic heterocycles. The smallest absolute Gasteiger partial charge is 0.356 e. The Hall–Kier alpha value is -2.32. The summed E-state index contributed by atoms with van der Waals surface area (Å²) < 4.78 is 50.9. The number of hydrogen-bond acceptors (Lipinski definition) is 2. The third-order valence-corrected chi connectivity index (χ3v) is 4.37. The number of rotatable bonds is 6. The molecule has 1 amide bonds. The Labute approximate surface area is 149 Å². The van der Waals surface area contributed by atoms with Gasteiger partial charge in [0, 0.05) is 26.1 Å². The molecule has 0 atom stereocenters. The zero-order valence-corrected chi connectivity index (χ0v) is 14.7. The van der Waals surface area contributed by atoms with Crippen LogP contribution in [0, 0.1) is 5.82 Å². The molecule has 0 aromatic heterocycles. The van der Waals surface area contributed by atoms with Crippen LogP contribution in [0.15, 0.2) is 29.3 Å². The van der Waals surface area contributed by atoms with Crippen LogP contribution in [0.3, 0.4) is 0 Å². The fraction of sp³-hybridized carbons (Fsp3) is 0.529. The quantitative estimate of drug-likeness (QED) is 0.455. The van der Waals surface area contributed by atoms with Gasteiger partial charge < -0.3 is 15.5 Å².